The molecule has 2 N–H and O–H groups in total. The lowest BCUT2D eigenvalue weighted by Crippen LogP contribution is -2.34. The molecule has 0 aliphatic carbocycles. The fraction of sp³-hybridized carbons (Fsp3) is 0.364. The first kappa shape index (κ1) is 20.8. The number of rotatable bonds is 9. The summed E-state index contributed by atoms with van der Waals surface area (Å²) in [5.74, 6) is -1.35. The van der Waals surface area contributed by atoms with Crippen molar-refractivity contribution in [3.63, 3.8) is 0 Å². The number of benzene rings is 1. The molecule has 1 aliphatic rings. The lowest BCUT2D eigenvalue weighted by atomic mass is 9.93. The van der Waals surface area contributed by atoms with Gasteiger partial charge in [-0.3, -0.25) is 9.59 Å². The third-order valence-corrected chi connectivity index (χ3v) is 4.92. The number of furan rings is 1. The van der Waals surface area contributed by atoms with Crippen LogP contribution in [0.25, 0.3) is 0 Å². The van der Waals surface area contributed by atoms with Crippen LogP contribution in [-0.4, -0.2) is 53.2 Å². The number of ketones is 1. The maximum Gasteiger partial charge on any atom is 0.290 e. The van der Waals surface area contributed by atoms with Crippen molar-refractivity contribution >= 4 is 11.7 Å². The predicted molar refractivity (Wildman–Crippen MR) is 106 cm³/mol. The van der Waals surface area contributed by atoms with Gasteiger partial charge in [-0.1, -0.05) is 38.1 Å². The van der Waals surface area contributed by atoms with Gasteiger partial charge in [-0.15, -0.1) is 0 Å². The van der Waals surface area contributed by atoms with Crippen LogP contribution in [0.2, 0.25) is 0 Å². The molecule has 0 radical (unpaired) electrons. The fourth-order valence-corrected chi connectivity index (χ4v) is 3.40. The zero-order valence-electron chi connectivity index (χ0n) is 16.5. The highest BCUT2D eigenvalue weighted by Gasteiger charge is 2.44. The van der Waals surface area contributed by atoms with E-state index in [2.05, 4.69) is 13.8 Å². The molecule has 1 aromatic carbocycles. The van der Waals surface area contributed by atoms with Crippen LogP contribution in [-0.2, 0) is 9.53 Å². The Morgan fingerprint density at radius 2 is 1.93 bits per heavy atom. The highest BCUT2D eigenvalue weighted by atomic mass is 16.5. The fourth-order valence-electron chi connectivity index (χ4n) is 3.40. The van der Waals surface area contributed by atoms with E-state index >= 15 is 0 Å². The number of ether oxygens (including phenoxy) is 1. The molecule has 1 atom stereocenters. The van der Waals surface area contributed by atoms with Crippen LogP contribution in [0.1, 0.15) is 47.5 Å². The summed E-state index contributed by atoms with van der Waals surface area (Å²) in [7, 11) is 0. The number of carbonyl (C=O) groups excluding carboxylic acids is 2. The molecule has 0 unspecified atom stereocenters. The number of nitrogens with zero attached hydrogens (tertiary/aromatic N) is 1. The Bertz CT molecular complexity index is 883. The average Bonchev–Trinajstić information content (AvgIpc) is 3.33. The third kappa shape index (κ3) is 4.26. The minimum Gasteiger partial charge on any atom is -0.503 e. The maximum atomic E-state index is 13.0. The van der Waals surface area contributed by atoms with E-state index in [0.29, 0.717) is 11.5 Å². The molecule has 1 aromatic heterocycles. The molecule has 2 heterocycles. The van der Waals surface area contributed by atoms with Crippen molar-refractivity contribution in [2.45, 2.75) is 25.8 Å². The smallest absolute Gasteiger partial charge is 0.290 e. The molecular weight excluding hydrogens is 374 g/mol. The SMILES string of the molecule is CC(C)c1ccc([C@H]2C(C(=O)c3ccco3)=C(O)C(=O)N2CCOCCO)cc1. The molecule has 7 nitrogen and oxygen atoms in total. The molecule has 0 saturated carbocycles. The van der Waals surface area contributed by atoms with Gasteiger partial charge >= 0.3 is 0 Å². The van der Waals surface area contributed by atoms with Crippen molar-refractivity contribution in [2.24, 2.45) is 0 Å². The molecule has 0 bridgehead atoms. The summed E-state index contributed by atoms with van der Waals surface area (Å²) in [6.07, 6.45) is 1.37. The lowest BCUT2D eigenvalue weighted by Gasteiger charge is -2.27. The Kier molecular flexibility index (Phi) is 6.51. The number of amides is 1. The van der Waals surface area contributed by atoms with Crippen molar-refractivity contribution < 1.29 is 29.0 Å². The molecule has 1 amide bonds. The van der Waals surface area contributed by atoms with Crippen molar-refractivity contribution in [3.05, 3.63) is 70.9 Å². The zero-order valence-corrected chi connectivity index (χ0v) is 16.5. The van der Waals surface area contributed by atoms with Gasteiger partial charge < -0.3 is 24.3 Å². The van der Waals surface area contributed by atoms with Crippen molar-refractivity contribution in [1.82, 2.24) is 4.90 Å². The Balaban J connectivity index is 1.97. The van der Waals surface area contributed by atoms with Gasteiger partial charge in [-0.25, -0.2) is 0 Å². The van der Waals surface area contributed by atoms with Gasteiger partial charge in [0.15, 0.2) is 11.5 Å². The summed E-state index contributed by atoms with van der Waals surface area (Å²) < 4.78 is 10.5. The van der Waals surface area contributed by atoms with Crippen LogP contribution in [0, 0.1) is 0 Å². The van der Waals surface area contributed by atoms with Crippen LogP contribution in [0.15, 0.2) is 58.4 Å². The molecule has 29 heavy (non-hydrogen) atoms. The van der Waals surface area contributed by atoms with Gasteiger partial charge in [0.05, 0.1) is 37.7 Å². The third-order valence-electron chi connectivity index (χ3n) is 4.92. The first-order chi connectivity index (χ1) is 14.0. The minimum atomic E-state index is -0.751. The second kappa shape index (κ2) is 9.07. The number of Topliss-reactive ketones (excluding diaryl/α,β-unsaturated/α-hetero) is 1. The highest BCUT2D eigenvalue weighted by molar-refractivity contribution is 6.15. The molecule has 2 aromatic rings. The normalized spacial score (nSPS) is 16.9. The average molecular weight is 399 g/mol. The van der Waals surface area contributed by atoms with E-state index in [-0.39, 0.29) is 37.7 Å². The molecule has 7 heteroatoms. The van der Waals surface area contributed by atoms with E-state index in [1.807, 2.05) is 24.3 Å². The van der Waals surface area contributed by atoms with E-state index in [1.165, 1.54) is 17.2 Å². The summed E-state index contributed by atoms with van der Waals surface area (Å²) in [5.41, 5.74) is 1.83. The van der Waals surface area contributed by atoms with E-state index in [4.69, 9.17) is 14.3 Å². The molecule has 1 aliphatic heterocycles. The number of aliphatic hydroxyl groups is 2. The number of carbonyl (C=O) groups is 2. The molecule has 0 saturated heterocycles. The molecule has 0 fully saturated rings. The largest absolute Gasteiger partial charge is 0.503 e. The predicted octanol–water partition coefficient (Wildman–Crippen LogP) is 2.99. The van der Waals surface area contributed by atoms with Crippen LogP contribution in [0.4, 0.5) is 0 Å². The van der Waals surface area contributed by atoms with Gasteiger partial charge in [0.2, 0.25) is 5.78 Å². The Hall–Kier alpha value is -2.90. The van der Waals surface area contributed by atoms with Gasteiger partial charge in [0.1, 0.15) is 0 Å². The summed E-state index contributed by atoms with van der Waals surface area (Å²) in [6, 6.07) is 9.96. The number of aliphatic hydroxyl groups excluding tert-OH is 2. The van der Waals surface area contributed by atoms with Crippen LogP contribution >= 0.6 is 0 Å². The van der Waals surface area contributed by atoms with Gasteiger partial charge in [0.25, 0.3) is 5.91 Å². The monoisotopic (exact) mass is 399 g/mol. The molecule has 0 spiro atoms. The first-order valence-corrected chi connectivity index (χ1v) is 9.56. The summed E-state index contributed by atoms with van der Waals surface area (Å²) in [4.78, 5) is 27.1. The Morgan fingerprint density at radius 1 is 1.21 bits per heavy atom. The first-order valence-electron chi connectivity index (χ1n) is 9.56. The van der Waals surface area contributed by atoms with Gasteiger partial charge in [-0.2, -0.15) is 0 Å². The standard InChI is InChI=1S/C22H25NO6/c1-14(2)15-5-7-16(8-6-15)19-18(20(25)17-4-3-11-29-17)21(26)22(27)23(19)9-12-28-13-10-24/h3-8,11,14,19,24,26H,9-10,12-13H2,1-2H3/t19-/m0/s1. The number of hydrogen-bond acceptors (Lipinski definition) is 6. The summed E-state index contributed by atoms with van der Waals surface area (Å²) in [6.45, 7) is 4.51. The van der Waals surface area contributed by atoms with Crippen molar-refractivity contribution in [3.8, 4) is 0 Å². The highest BCUT2D eigenvalue weighted by Crippen LogP contribution is 2.39. The number of hydrogen-bond donors (Lipinski definition) is 2. The van der Waals surface area contributed by atoms with E-state index in [9.17, 15) is 14.7 Å². The van der Waals surface area contributed by atoms with E-state index in [1.54, 1.807) is 6.07 Å². The summed E-state index contributed by atoms with van der Waals surface area (Å²) >= 11 is 0. The summed E-state index contributed by atoms with van der Waals surface area (Å²) in [5, 5.41) is 19.4. The molecular formula is C22H25NO6. The lowest BCUT2D eigenvalue weighted by molar-refractivity contribution is -0.130. The van der Waals surface area contributed by atoms with Crippen LogP contribution in [0.3, 0.4) is 0 Å². The zero-order chi connectivity index (χ0) is 21.0. The molecule has 154 valence electrons. The molecule has 3 rings (SSSR count). The van der Waals surface area contributed by atoms with E-state index in [0.717, 1.165) is 5.56 Å². The van der Waals surface area contributed by atoms with Crippen molar-refractivity contribution in [2.75, 3.05) is 26.4 Å². The van der Waals surface area contributed by atoms with Crippen LogP contribution < -0.4 is 0 Å². The van der Waals surface area contributed by atoms with Crippen LogP contribution in [0.5, 0.6) is 0 Å². The Morgan fingerprint density at radius 3 is 2.52 bits per heavy atom. The van der Waals surface area contributed by atoms with Gasteiger partial charge in [-0.05, 0) is 29.2 Å². The van der Waals surface area contributed by atoms with Crippen molar-refractivity contribution in [1.29, 1.82) is 0 Å². The topological polar surface area (TPSA) is 100 Å². The van der Waals surface area contributed by atoms with E-state index < -0.39 is 23.5 Å². The second-order valence-corrected chi connectivity index (χ2v) is 7.13. The maximum absolute atomic E-state index is 13.0. The Labute approximate surface area is 169 Å². The quantitative estimate of drug-likeness (QED) is 0.497. The second-order valence-electron chi connectivity index (χ2n) is 7.13. The van der Waals surface area contributed by atoms with Gasteiger partial charge in [0, 0.05) is 6.54 Å². The minimum absolute atomic E-state index is 0.00981.